The Hall–Kier alpha value is -3.01. The van der Waals surface area contributed by atoms with E-state index in [0.717, 1.165) is 35.1 Å². The van der Waals surface area contributed by atoms with Crippen LogP contribution in [-0.2, 0) is 22.2 Å². The van der Waals surface area contributed by atoms with Gasteiger partial charge in [-0.1, -0.05) is 149 Å². The molecule has 2 N–H and O–H groups in total. The Morgan fingerprint density at radius 3 is 1.51 bits per heavy atom. The van der Waals surface area contributed by atoms with Gasteiger partial charge in [0.15, 0.2) is 0 Å². The Morgan fingerprint density at radius 1 is 0.674 bits per heavy atom. The van der Waals surface area contributed by atoms with E-state index in [2.05, 4.69) is 104 Å². The molecular weight excluding hydrogens is 547 g/mol. The van der Waals surface area contributed by atoms with Crippen LogP contribution < -0.4 is 10.6 Å². The van der Waals surface area contributed by atoms with E-state index >= 15 is 4.57 Å². The van der Waals surface area contributed by atoms with Crippen molar-refractivity contribution in [3.8, 4) is 0 Å². The fraction of sp³-hybridized carbons (Fsp3) is 0.368. The first-order valence-electron chi connectivity index (χ1n) is 15.9. The largest absolute Gasteiger partial charge is 0.322 e. The standard InChI is InChI=1S/C38H47N2O2P/c1-29(2)35-25-24-30(3)26-36(35)42-43(41,37(33-20-12-6-13-21-33)39-27-31-16-8-4-9-17-31)38(34-22-14-7-15-23-34)40-28-32-18-10-5-11-19-32/h4-23,29-30,35-40H,24-28H2,1-3H3. The van der Waals surface area contributed by atoms with Gasteiger partial charge in [-0.05, 0) is 52.8 Å². The molecule has 1 saturated carbocycles. The van der Waals surface area contributed by atoms with Gasteiger partial charge in [-0.2, -0.15) is 0 Å². The molecule has 0 saturated heterocycles. The van der Waals surface area contributed by atoms with Gasteiger partial charge in [-0.15, -0.1) is 0 Å². The van der Waals surface area contributed by atoms with E-state index in [9.17, 15) is 0 Å². The minimum atomic E-state index is -3.55. The van der Waals surface area contributed by atoms with Crippen molar-refractivity contribution in [2.45, 2.75) is 70.8 Å². The zero-order valence-electron chi connectivity index (χ0n) is 25.8. The van der Waals surface area contributed by atoms with Gasteiger partial charge in [-0.25, -0.2) is 0 Å². The van der Waals surface area contributed by atoms with E-state index in [0.29, 0.717) is 30.8 Å². The summed E-state index contributed by atoms with van der Waals surface area (Å²) in [4.78, 5) is 0. The van der Waals surface area contributed by atoms with E-state index in [-0.39, 0.29) is 6.10 Å². The summed E-state index contributed by atoms with van der Waals surface area (Å²) in [5.41, 5.74) is 4.26. The molecule has 0 radical (unpaired) electrons. The number of hydrogen-bond acceptors (Lipinski definition) is 4. The molecule has 4 aromatic carbocycles. The topological polar surface area (TPSA) is 50.4 Å². The van der Waals surface area contributed by atoms with Gasteiger partial charge in [0.05, 0.1) is 6.10 Å². The molecule has 5 atom stereocenters. The van der Waals surface area contributed by atoms with Crippen LogP contribution in [0.2, 0.25) is 0 Å². The molecule has 1 aliphatic carbocycles. The molecule has 1 fully saturated rings. The van der Waals surface area contributed by atoms with Gasteiger partial charge in [0.1, 0.15) is 11.6 Å². The quantitative estimate of drug-likeness (QED) is 0.151. The highest BCUT2D eigenvalue weighted by molar-refractivity contribution is 7.59. The van der Waals surface area contributed by atoms with Gasteiger partial charge >= 0.3 is 0 Å². The fourth-order valence-electron chi connectivity index (χ4n) is 6.52. The maximum atomic E-state index is 16.3. The molecule has 0 spiro atoms. The summed E-state index contributed by atoms with van der Waals surface area (Å²) < 4.78 is 23.5. The highest BCUT2D eigenvalue weighted by atomic mass is 31.2. The number of hydrogen-bond donors (Lipinski definition) is 2. The van der Waals surface area contributed by atoms with Gasteiger partial charge < -0.3 is 4.52 Å². The zero-order valence-corrected chi connectivity index (χ0v) is 26.7. The molecule has 43 heavy (non-hydrogen) atoms. The third-order valence-electron chi connectivity index (χ3n) is 8.90. The molecule has 226 valence electrons. The summed E-state index contributed by atoms with van der Waals surface area (Å²) in [5, 5.41) is 7.52. The molecule has 5 rings (SSSR count). The summed E-state index contributed by atoms with van der Waals surface area (Å²) in [7, 11) is -3.55. The predicted octanol–water partition coefficient (Wildman–Crippen LogP) is 9.72. The molecule has 4 nitrogen and oxygen atoms in total. The van der Waals surface area contributed by atoms with E-state index in [1.807, 2.05) is 48.5 Å². The van der Waals surface area contributed by atoms with Crippen molar-refractivity contribution < 1.29 is 9.09 Å². The molecule has 0 heterocycles. The van der Waals surface area contributed by atoms with Crippen molar-refractivity contribution in [3.63, 3.8) is 0 Å². The van der Waals surface area contributed by atoms with E-state index in [1.54, 1.807) is 0 Å². The van der Waals surface area contributed by atoms with Crippen molar-refractivity contribution in [3.05, 3.63) is 144 Å². The lowest BCUT2D eigenvalue weighted by Gasteiger charge is -2.43. The van der Waals surface area contributed by atoms with Crippen molar-refractivity contribution in [2.24, 2.45) is 17.8 Å². The van der Waals surface area contributed by atoms with E-state index in [1.165, 1.54) is 6.42 Å². The average Bonchev–Trinajstić information content (AvgIpc) is 3.03. The van der Waals surface area contributed by atoms with Crippen LogP contribution >= 0.6 is 7.37 Å². The normalized spacial score (nSPS) is 21.6. The van der Waals surface area contributed by atoms with Crippen LogP contribution in [0.5, 0.6) is 0 Å². The minimum Gasteiger partial charge on any atom is -0.322 e. The van der Waals surface area contributed by atoms with Crippen LogP contribution in [-0.4, -0.2) is 6.10 Å². The SMILES string of the molecule is CC1CCC(C(C)C)C(OP(=O)(C(NCc2ccccc2)c2ccccc2)C(NCc2ccccc2)c2ccccc2)C1. The maximum absolute atomic E-state index is 16.3. The minimum absolute atomic E-state index is 0.0796. The molecule has 0 bridgehead atoms. The Balaban J connectivity index is 1.62. The Kier molecular flexibility index (Phi) is 11.1. The molecule has 0 aliphatic heterocycles. The molecular formula is C38H47N2O2P. The van der Waals surface area contributed by atoms with Crippen LogP contribution in [0.4, 0.5) is 0 Å². The fourth-order valence-corrected chi connectivity index (χ4v) is 9.59. The Labute approximate surface area is 258 Å². The highest BCUT2D eigenvalue weighted by Gasteiger charge is 2.47. The summed E-state index contributed by atoms with van der Waals surface area (Å²) >= 11 is 0. The van der Waals surface area contributed by atoms with Gasteiger partial charge in [0, 0.05) is 13.1 Å². The Morgan fingerprint density at radius 2 is 1.09 bits per heavy atom. The summed E-state index contributed by atoms with van der Waals surface area (Å²) in [6.45, 7) is 8.05. The predicted molar refractivity (Wildman–Crippen MR) is 179 cm³/mol. The third-order valence-corrected chi connectivity index (χ3v) is 11.9. The Bertz CT molecular complexity index is 1320. The number of benzene rings is 4. The first-order valence-corrected chi connectivity index (χ1v) is 17.6. The maximum Gasteiger partial charge on any atom is 0.245 e. The second-order valence-electron chi connectivity index (χ2n) is 12.5. The second kappa shape index (κ2) is 15.1. The van der Waals surface area contributed by atoms with Crippen molar-refractivity contribution in [2.75, 3.05) is 0 Å². The summed E-state index contributed by atoms with van der Waals surface area (Å²) in [6.07, 6.45) is 3.14. The summed E-state index contributed by atoms with van der Waals surface area (Å²) in [6, 6.07) is 41.2. The molecule has 5 heteroatoms. The van der Waals surface area contributed by atoms with Crippen molar-refractivity contribution >= 4 is 7.37 Å². The second-order valence-corrected chi connectivity index (χ2v) is 15.0. The van der Waals surface area contributed by atoms with E-state index in [4.69, 9.17) is 4.52 Å². The van der Waals surface area contributed by atoms with Gasteiger partial charge in [0.25, 0.3) is 0 Å². The third kappa shape index (κ3) is 8.13. The first-order chi connectivity index (χ1) is 20.9. The molecule has 5 unspecified atom stereocenters. The monoisotopic (exact) mass is 594 g/mol. The highest BCUT2D eigenvalue weighted by Crippen LogP contribution is 2.69. The van der Waals surface area contributed by atoms with E-state index < -0.39 is 18.9 Å². The molecule has 1 aliphatic rings. The lowest BCUT2D eigenvalue weighted by Crippen LogP contribution is -2.37. The van der Waals surface area contributed by atoms with Crippen LogP contribution in [0.1, 0.15) is 73.9 Å². The average molecular weight is 595 g/mol. The van der Waals surface area contributed by atoms with Crippen LogP contribution in [0, 0.1) is 17.8 Å². The van der Waals surface area contributed by atoms with Crippen LogP contribution in [0.3, 0.4) is 0 Å². The number of rotatable bonds is 13. The van der Waals surface area contributed by atoms with Crippen LogP contribution in [0.15, 0.2) is 121 Å². The first kappa shape index (κ1) is 31.4. The lowest BCUT2D eigenvalue weighted by molar-refractivity contribution is 0.0442. The van der Waals surface area contributed by atoms with Crippen LogP contribution in [0.25, 0.3) is 0 Å². The summed E-state index contributed by atoms with van der Waals surface area (Å²) in [5.74, 6) is 0.333. The molecule has 0 aromatic heterocycles. The molecule has 4 aromatic rings. The number of nitrogens with one attached hydrogen (secondary N) is 2. The zero-order chi connectivity index (χ0) is 30.1. The smallest absolute Gasteiger partial charge is 0.245 e. The van der Waals surface area contributed by atoms with Crippen molar-refractivity contribution in [1.29, 1.82) is 0 Å². The van der Waals surface area contributed by atoms with Gasteiger partial charge in [-0.3, -0.25) is 15.2 Å². The molecule has 0 amide bonds. The lowest BCUT2D eigenvalue weighted by atomic mass is 9.75. The van der Waals surface area contributed by atoms with Crippen molar-refractivity contribution in [1.82, 2.24) is 10.6 Å². The van der Waals surface area contributed by atoms with Gasteiger partial charge in [0.2, 0.25) is 7.37 Å².